The van der Waals surface area contributed by atoms with Crippen molar-refractivity contribution in [3.8, 4) is 17.6 Å². The van der Waals surface area contributed by atoms with Crippen molar-refractivity contribution in [3.05, 3.63) is 23.8 Å². The number of nitrogens with one attached hydrogen (secondary N) is 1. The lowest BCUT2D eigenvalue weighted by atomic mass is 10.1. The van der Waals surface area contributed by atoms with Gasteiger partial charge in [0.25, 0.3) is 0 Å². The number of benzene rings is 1. The second-order valence-electron chi connectivity index (χ2n) is 4.46. The topological polar surface area (TPSA) is 54.3 Å². The van der Waals surface area contributed by atoms with E-state index < -0.39 is 0 Å². The number of hydrogen-bond acceptors (Lipinski definition) is 4. The molecule has 4 nitrogen and oxygen atoms in total. The zero-order valence-electron chi connectivity index (χ0n) is 10.6. The molecule has 2 rings (SSSR count). The zero-order valence-corrected chi connectivity index (χ0v) is 10.6. The lowest BCUT2D eigenvalue weighted by molar-refractivity contribution is 0.171. The van der Waals surface area contributed by atoms with E-state index >= 15 is 0 Å². The van der Waals surface area contributed by atoms with Crippen LogP contribution in [0.4, 0.5) is 0 Å². The molecule has 1 atom stereocenters. The molecule has 0 spiro atoms. The summed E-state index contributed by atoms with van der Waals surface area (Å²) in [6.45, 7) is 4.76. The van der Waals surface area contributed by atoms with E-state index in [0.717, 1.165) is 31.0 Å². The third-order valence-corrected chi connectivity index (χ3v) is 2.87. The van der Waals surface area contributed by atoms with Crippen molar-refractivity contribution in [2.75, 3.05) is 26.3 Å². The molecule has 0 saturated carbocycles. The Labute approximate surface area is 108 Å². The Morgan fingerprint density at radius 3 is 2.89 bits per heavy atom. The van der Waals surface area contributed by atoms with Crippen molar-refractivity contribution in [2.45, 2.75) is 13.3 Å². The van der Waals surface area contributed by atoms with E-state index in [4.69, 9.17) is 14.7 Å². The zero-order chi connectivity index (χ0) is 12.8. The predicted molar refractivity (Wildman–Crippen MR) is 68.8 cm³/mol. The Bertz CT molecular complexity index is 440. The van der Waals surface area contributed by atoms with Crippen molar-refractivity contribution in [3.63, 3.8) is 0 Å². The lowest BCUT2D eigenvalue weighted by Crippen LogP contribution is -2.23. The summed E-state index contributed by atoms with van der Waals surface area (Å²) in [6, 6.07) is 8.26. The Kier molecular flexibility index (Phi) is 4.43. The molecule has 0 aromatic heterocycles. The SMILES string of the molecule is CC(C#N)CNCCc1ccc2c(c1)OCCO2. The molecule has 0 bridgehead atoms. The molecule has 0 saturated heterocycles. The van der Waals surface area contributed by atoms with Crippen LogP contribution in [0.15, 0.2) is 18.2 Å². The van der Waals surface area contributed by atoms with Gasteiger partial charge in [0.1, 0.15) is 13.2 Å². The molecule has 1 unspecified atom stereocenters. The summed E-state index contributed by atoms with van der Waals surface area (Å²) in [5.41, 5.74) is 1.22. The molecule has 1 aliphatic rings. The highest BCUT2D eigenvalue weighted by atomic mass is 16.6. The van der Waals surface area contributed by atoms with E-state index in [2.05, 4.69) is 17.5 Å². The summed E-state index contributed by atoms with van der Waals surface area (Å²) in [5, 5.41) is 11.9. The van der Waals surface area contributed by atoms with Crippen LogP contribution in [0, 0.1) is 17.2 Å². The average molecular weight is 246 g/mol. The van der Waals surface area contributed by atoms with E-state index in [0.29, 0.717) is 13.2 Å². The Morgan fingerprint density at radius 1 is 1.33 bits per heavy atom. The van der Waals surface area contributed by atoms with Crippen LogP contribution in [-0.2, 0) is 6.42 Å². The molecule has 0 aliphatic carbocycles. The molecule has 0 radical (unpaired) electrons. The van der Waals surface area contributed by atoms with Gasteiger partial charge >= 0.3 is 0 Å². The molecular formula is C14H18N2O2. The summed E-state index contributed by atoms with van der Waals surface area (Å²) >= 11 is 0. The average Bonchev–Trinajstić information content (AvgIpc) is 2.43. The standard InChI is InChI=1S/C14H18N2O2/c1-11(9-15)10-16-5-4-12-2-3-13-14(8-12)18-7-6-17-13/h2-3,8,11,16H,4-7,10H2,1H3. The van der Waals surface area contributed by atoms with Crippen LogP contribution in [0.1, 0.15) is 12.5 Å². The number of nitrogens with zero attached hydrogens (tertiary/aromatic N) is 1. The Morgan fingerprint density at radius 2 is 2.11 bits per heavy atom. The van der Waals surface area contributed by atoms with Gasteiger partial charge in [-0.1, -0.05) is 6.07 Å². The first-order chi connectivity index (χ1) is 8.79. The Hall–Kier alpha value is -1.73. The van der Waals surface area contributed by atoms with Gasteiger partial charge in [0.15, 0.2) is 11.5 Å². The minimum atomic E-state index is 0.0604. The van der Waals surface area contributed by atoms with Gasteiger partial charge in [0, 0.05) is 6.54 Å². The molecule has 18 heavy (non-hydrogen) atoms. The molecule has 96 valence electrons. The summed E-state index contributed by atoms with van der Waals surface area (Å²) in [7, 11) is 0. The maximum Gasteiger partial charge on any atom is 0.161 e. The van der Waals surface area contributed by atoms with Crippen LogP contribution in [0.25, 0.3) is 0 Å². The van der Waals surface area contributed by atoms with Gasteiger partial charge in [-0.3, -0.25) is 0 Å². The number of fused-ring (bicyclic) bond motifs is 1. The van der Waals surface area contributed by atoms with Crippen LogP contribution < -0.4 is 14.8 Å². The van der Waals surface area contributed by atoms with E-state index in [1.165, 1.54) is 5.56 Å². The van der Waals surface area contributed by atoms with E-state index in [1.807, 2.05) is 19.1 Å². The second kappa shape index (κ2) is 6.27. The molecule has 1 aromatic carbocycles. The lowest BCUT2D eigenvalue weighted by Gasteiger charge is -2.18. The highest BCUT2D eigenvalue weighted by Crippen LogP contribution is 2.30. The van der Waals surface area contributed by atoms with Crippen LogP contribution >= 0.6 is 0 Å². The van der Waals surface area contributed by atoms with E-state index in [9.17, 15) is 0 Å². The van der Waals surface area contributed by atoms with Crippen molar-refractivity contribution in [2.24, 2.45) is 5.92 Å². The second-order valence-corrected chi connectivity index (χ2v) is 4.46. The smallest absolute Gasteiger partial charge is 0.161 e. The van der Waals surface area contributed by atoms with Gasteiger partial charge in [-0.2, -0.15) is 5.26 Å². The highest BCUT2D eigenvalue weighted by Gasteiger charge is 2.11. The third kappa shape index (κ3) is 3.38. The monoisotopic (exact) mass is 246 g/mol. The molecule has 1 heterocycles. The quantitative estimate of drug-likeness (QED) is 0.804. The summed E-state index contributed by atoms with van der Waals surface area (Å²) < 4.78 is 11.0. The first-order valence-corrected chi connectivity index (χ1v) is 6.28. The van der Waals surface area contributed by atoms with Crippen molar-refractivity contribution in [1.29, 1.82) is 5.26 Å². The molecule has 0 amide bonds. The minimum Gasteiger partial charge on any atom is -0.486 e. The summed E-state index contributed by atoms with van der Waals surface area (Å²) in [6.07, 6.45) is 0.925. The first-order valence-electron chi connectivity index (χ1n) is 6.28. The maximum absolute atomic E-state index is 8.66. The van der Waals surface area contributed by atoms with Crippen molar-refractivity contribution < 1.29 is 9.47 Å². The van der Waals surface area contributed by atoms with Crippen LogP contribution in [0.2, 0.25) is 0 Å². The van der Waals surface area contributed by atoms with Crippen molar-refractivity contribution in [1.82, 2.24) is 5.32 Å². The minimum absolute atomic E-state index is 0.0604. The maximum atomic E-state index is 8.66. The van der Waals surface area contributed by atoms with Gasteiger partial charge in [-0.25, -0.2) is 0 Å². The molecule has 0 fully saturated rings. The van der Waals surface area contributed by atoms with E-state index in [1.54, 1.807) is 0 Å². The fraction of sp³-hybridized carbons (Fsp3) is 0.500. The summed E-state index contributed by atoms with van der Waals surface area (Å²) in [5.74, 6) is 1.73. The number of nitriles is 1. The Balaban J connectivity index is 1.81. The largest absolute Gasteiger partial charge is 0.486 e. The molecule has 4 heteroatoms. The van der Waals surface area contributed by atoms with Gasteiger partial charge in [0.05, 0.1) is 12.0 Å². The predicted octanol–water partition coefficient (Wildman–Crippen LogP) is 1.75. The number of hydrogen-bond donors (Lipinski definition) is 1. The number of ether oxygens (including phenoxy) is 2. The van der Waals surface area contributed by atoms with Gasteiger partial charge in [-0.05, 0) is 37.6 Å². The van der Waals surface area contributed by atoms with Crippen LogP contribution in [-0.4, -0.2) is 26.3 Å². The van der Waals surface area contributed by atoms with Crippen LogP contribution in [0.5, 0.6) is 11.5 Å². The first kappa shape index (κ1) is 12.7. The normalized spacial score (nSPS) is 14.9. The summed E-state index contributed by atoms with van der Waals surface area (Å²) in [4.78, 5) is 0. The molecular weight excluding hydrogens is 228 g/mol. The van der Waals surface area contributed by atoms with Crippen molar-refractivity contribution >= 4 is 0 Å². The van der Waals surface area contributed by atoms with Gasteiger partial charge in [0.2, 0.25) is 0 Å². The van der Waals surface area contributed by atoms with E-state index in [-0.39, 0.29) is 5.92 Å². The molecule has 1 N–H and O–H groups in total. The van der Waals surface area contributed by atoms with Gasteiger partial charge in [-0.15, -0.1) is 0 Å². The fourth-order valence-corrected chi connectivity index (χ4v) is 1.84. The third-order valence-electron chi connectivity index (χ3n) is 2.87. The fourth-order valence-electron chi connectivity index (χ4n) is 1.84. The molecule has 1 aliphatic heterocycles. The number of rotatable bonds is 5. The van der Waals surface area contributed by atoms with Gasteiger partial charge < -0.3 is 14.8 Å². The highest BCUT2D eigenvalue weighted by molar-refractivity contribution is 5.43. The van der Waals surface area contributed by atoms with Crippen LogP contribution in [0.3, 0.4) is 0 Å². The molecule has 1 aromatic rings.